The maximum atomic E-state index is 12.3. The Morgan fingerprint density at radius 1 is 1.06 bits per heavy atom. The first-order chi connectivity index (χ1) is 17.7. The first kappa shape index (κ1) is 23.5. The predicted molar refractivity (Wildman–Crippen MR) is 152 cm³/mol. The number of hydrogen-bond donors (Lipinski definition) is 2. The molecule has 0 radical (unpaired) electrons. The van der Waals surface area contributed by atoms with Gasteiger partial charge >= 0.3 is 0 Å². The lowest BCUT2D eigenvalue weighted by Gasteiger charge is -2.30. The van der Waals surface area contributed by atoms with Crippen LogP contribution in [0.25, 0.3) is 10.2 Å². The fourth-order valence-corrected chi connectivity index (χ4v) is 8.59. The standard InChI is InChI=1S/C26H21N5OS4/c27-23-20-17-13-18(15-7-3-1-4-8-15)35-21(16-9-5-2-6-10-16)22(17)36-24(20)31-26(30-23)34-14-19(32)29-25-28-11-12-33-25/h1-12,18,21H,13-14H2,(H2,27,30,31)(H,28,29,32)/t18-,21-/m1/s1. The molecule has 0 unspecified atom stereocenters. The molecule has 0 saturated heterocycles. The van der Waals surface area contributed by atoms with Gasteiger partial charge in [-0.2, -0.15) is 0 Å². The van der Waals surface area contributed by atoms with Crippen LogP contribution in [-0.4, -0.2) is 26.6 Å². The van der Waals surface area contributed by atoms with Crippen molar-refractivity contribution in [2.75, 3.05) is 16.8 Å². The van der Waals surface area contributed by atoms with E-state index in [2.05, 4.69) is 75.9 Å². The molecular weight excluding hydrogens is 527 g/mol. The van der Waals surface area contributed by atoms with Crippen molar-refractivity contribution in [2.45, 2.75) is 22.1 Å². The largest absolute Gasteiger partial charge is 0.383 e. The molecule has 3 aromatic heterocycles. The van der Waals surface area contributed by atoms with E-state index in [-0.39, 0.29) is 16.9 Å². The summed E-state index contributed by atoms with van der Waals surface area (Å²) in [5, 5.41) is 7.16. The topological polar surface area (TPSA) is 93.8 Å². The van der Waals surface area contributed by atoms with Gasteiger partial charge in [-0.1, -0.05) is 72.4 Å². The highest BCUT2D eigenvalue weighted by Crippen LogP contribution is 2.55. The molecule has 2 aromatic carbocycles. The highest BCUT2D eigenvalue weighted by atomic mass is 32.2. The molecule has 0 saturated carbocycles. The van der Waals surface area contributed by atoms with Crippen LogP contribution in [0, 0.1) is 0 Å². The lowest BCUT2D eigenvalue weighted by atomic mass is 9.98. The highest BCUT2D eigenvalue weighted by molar-refractivity contribution is 8.00. The number of carbonyl (C=O) groups is 1. The van der Waals surface area contributed by atoms with Crippen molar-refractivity contribution in [3.63, 3.8) is 0 Å². The zero-order chi connectivity index (χ0) is 24.5. The van der Waals surface area contributed by atoms with Crippen molar-refractivity contribution >= 4 is 73.3 Å². The Kier molecular flexibility index (Phi) is 6.66. The lowest BCUT2D eigenvalue weighted by molar-refractivity contribution is -0.113. The summed E-state index contributed by atoms with van der Waals surface area (Å²) in [5.74, 6) is 0.522. The summed E-state index contributed by atoms with van der Waals surface area (Å²) >= 11 is 6.34. The van der Waals surface area contributed by atoms with Gasteiger partial charge < -0.3 is 11.1 Å². The SMILES string of the molecule is Nc1nc(SCC(=O)Nc2nccs2)nc2sc3c(c12)C[C@H](c1ccccc1)S[C@@H]3c1ccccc1. The third-order valence-electron chi connectivity index (χ3n) is 5.90. The van der Waals surface area contributed by atoms with Gasteiger partial charge in [-0.3, -0.25) is 4.79 Å². The molecular formula is C26H21N5OS4. The zero-order valence-corrected chi connectivity index (χ0v) is 22.2. The van der Waals surface area contributed by atoms with Gasteiger partial charge in [-0.05, 0) is 23.1 Å². The van der Waals surface area contributed by atoms with Crippen LogP contribution in [0.4, 0.5) is 10.9 Å². The fraction of sp³-hybridized carbons (Fsp3) is 0.154. The third-order valence-corrected chi connectivity index (χ3v) is 10.3. The van der Waals surface area contributed by atoms with E-state index in [0.29, 0.717) is 21.4 Å². The summed E-state index contributed by atoms with van der Waals surface area (Å²) in [5.41, 5.74) is 10.4. The van der Waals surface area contributed by atoms with Gasteiger partial charge in [0, 0.05) is 21.7 Å². The molecule has 1 aliphatic rings. The Balaban J connectivity index is 1.34. The van der Waals surface area contributed by atoms with E-state index in [1.807, 2.05) is 17.1 Å². The molecule has 5 aromatic rings. The average Bonchev–Trinajstić information content (AvgIpc) is 3.55. The molecule has 10 heteroatoms. The molecule has 3 N–H and O–H groups in total. The van der Waals surface area contributed by atoms with Crippen LogP contribution in [-0.2, 0) is 11.2 Å². The van der Waals surface area contributed by atoms with E-state index in [9.17, 15) is 4.79 Å². The minimum absolute atomic E-state index is 0.145. The Morgan fingerprint density at radius 3 is 2.53 bits per heavy atom. The van der Waals surface area contributed by atoms with E-state index < -0.39 is 0 Å². The second kappa shape index (κ2) is 10.2. The molecule has 2 atom stereocenters. The molecule has 180 valence electrons. The molecule has 0 bridgehead atoms. The van der Waals surface area contributed by atoms with Gasteiger partial charge in [0.1, 0.15) is 10.6 Å². The van der Waals surface area contributed by atoms with Gasteiger partial charge in [0.05, 0.1) is 16.4 Å². The summed E-state index contributed by atoms with van der Waals surface area (Å²) in [6, 6.07) is 21.3. The summed E-state index contributed by atoms with van der Waals surface area (Å²) in [6.07, 6.45) is 2.54. The number of amides is 1. The Labute approximate surface area is 224 Å². The van der Waals surface area contributed by atoms with Crippen molar-refractivity contribution in [3.8, 4) is 0 Å². The normalized spacial score (nSPS) is 17.1. The van der Waals surface area contributed by atoms with Crippen molar-refractivity contribution in [2.24, 2.45) is 0 Å². The smallest absolute Gasteiger partial charge is 0.236 e. The Morgan fingerprint density at radius 2 is 1.81 bits per heavy atom. The third kappa shape index (κ3) is 4.73. The number of benzene rings is 2. The lowest BCUT2D eigenvalue weighted by Crippen LogP contribution is -2.14. The number of hydrogen-bond acceptors (Lipinski definition) is 9. The quantitative estimate of drug-likeness (QED) is 0.183. The van der Waals surface area contributed by atoms with Crippen LogP contribution >= 0.6 is 46.2 Å². The first-order valence-corrected chi connectivity index (χ1v) is 14.9. The number of thiophene rings is 1. The first-order valence-electron chi connectivity index (χ1n) is 11.3. The number of thioether (sulfide) groups is 2. The average molecular weight is 548 g/mol. The fourth-order valence-electron chi connectivity index (χ4n) is 4.31. The van der Waals surface area contributed by atoms with E-state index >= 15 is 0 Å². The molecule has 0 fully saturated rings. The summed E-state index contributed by atoms with van der Waals surface area (Å²) in [6.45, 7) is 0. The minimum Gasteiger partial charge on any atom is -0.383 e. The second-order valence-corrected chi connectivity index (χ2v) is 12.4. The van der Waals surface area contributed by atoms with Crippen LogP contribution < -0.4 is 11.1 Å². The minimum atomic E-state index is -0.145. The molecule has 1 aliphatic heterocycles. The highest BCUT2D eigenvalue weighted by Gasteiger charge is 2.34. The van der Waals surface area contributed by atoms with Crippen LogP contribution in [0.3, 0.4) is 0 Å². The van der Waals surface area contributed by atoms with Crippen LogP contribution in [0.15, 0.2) is 77.4 Å². The van der Waals surface area contributed by atoms with Gasteiger partial charge in [0.2, 0.25) is 5.91 Å². The van der Waals surface area contributed by atoms with Gasteiger partial charge in [0.15, 0.2) is 10.3 Å². The number of nitrogens with zero attached hydrogens (tertiary/aromatic N) is 3. The molecule has 36 heavy (non-hydrogen) atoms. The summed E-state index contributed by atoms with van der Waals surface area (Å²) < 4.78 is 0. The van der Waals surface area contributed by atoms with Crippen molar-refractivity contribution in [1.82, 2.24) is 15.0 Å². The number of nitrogen functional groups attached to an aromatic ring is 1. The second-order valence-electron chi connectivity index (χ2n) is 8.22. The number of aromatic nitrogens is 3. The Hall–Kier alpha value is -2.92. The molecule has 6 nitrogen and oxygen atoms in total. The number of rotatable bonds is 6. The van der Waals surface area contributed by atoms with Crippen molar-refractivity contribution in [3.05, 3.63) is 93.8 Å². The Bertz CT molecular complexity index is 1510. The van der Waals surface area contributed by atoms with Crippen LogP contribution in [0.1, 0.15) is 32.1 Å². The number of carbonyl (C=O) groups excluding carboxylic acids is 1. The maximum absolute atomic E-state index is 12.3. The number of nitrogens with two attached hydrogens (primary N) is 1. The number of fused-ring (bicyclic) bond motifs is 3. The van der Waals surface area contributed by atoms with Crippen molar-refractivity contribution in [1.29, 1.82) is 0 Å². The molecule has 4 heterocycles. The van der Waals surface area contributed by atoms with Gasteiger partial charge in [-0.15, -0.1) is 34.4 Å². The molecule has 6 rings (SSSR count). The number of anilines is 2. The zero-order valence-electron chi connectivity index (χ0n) is 19.0. The predicted octanol–water partition coefficient (Wildman–Crippen LogP) is 6.58. The number of thiazole rings is 1. The number of nitrogens with one attached hydrogen (secondary N) is 1. The van der Waals surface area contributed by atoms with E-state index in [4.69, 9.17) is 10.7 Å². The van der Waals surface area contributed by atoms with E-state index in [1.165, 1.54) is 44.7 Å². The monoisotopic (exact) mass is 547 g/mol. The summed E-state index contributed by atoms with van der Waals surface area (Å²) in [4.78, 5) is 28.0. The van der Waals surface area contributed by atoms with Crippen molar-refractivity contribution < 1.29 is 4.79 Å². The molecule has 0 aliphatic carbocycles. The molecule has 0 spiro atoms. The summed E-state index contributed by atoms with van der Waals surface area (Å²) in [7, 11) is 0. The van der Waals surface area contributed by atoms with E-state index in [1.54, 1.807) is 17.5 Å². The maximum Gasteiger partial charge on any atom is 0.236 e. The van der Waals surface area contributed by atoms with E-state index in [0.717, 1.165) is 16.6 Å². The molecule has 1 amide bonds. The van der Waals surface area contributed by atoms with Crippen LogP contribution in [0.5, 0.6) is 0 Å². The van der Waals surface area contributed by atoms with Gasteiger partial charge in [0.25, 0.3) is 0 Å². The van der Waals surface area contributed by atoms with Gasteiger partial charge in [-0.25, -0.2) is 15.0 Å². The van der Waals surface area contributed by atoms with Crippen LogP contribution in [0.2, 0.25) is 0 Å².